The van der Waals surface area contributed by atoms with Crippen LogP contribution in [0.4, 0.5) is 8.78 Å². The van der Waals surface area contributed by atoms with Gasteiger partial charge >= 0.3 is 11.4 Å². The maximum absolute atomic E-state index is 13.5. The number of hydrogen-bond acceptors (Lipinski definition) is 3. The molecule has 4 nitrogen and oxygen atoms in total. The van der Waals surface area contributed by atoms with Gasteiger partial charge in [-0.1, -0.05) is 6.92 Å². The molecule has 0 aliphatic carbocycles. The summed E-state index contributed by atoms with van der Waals surface area (Å²) in [4.78, 5) is 10.5. The van der Waals surface area contributed by atoms with Crippen LogP contribution in [-0.4, -0.2) is 24.7 Å². The summed E-state index contributed by atoms with van der Waals surface area (Å²) in [7, 11) is -4.12. The fraction of sp³-hybridized carbons (Fsp3) is 0.462. The standard InChI is InChI=1S/C13H15ClF2O4S/c1-4-8-9(12(17)18)5-6-10(13(14,15)16)11(8)21(19,20)7(2)3/h5-7H,4H2,1-3H3,(H,17,18). The lowest BCUT2D eigenvalue weighted by Gasteiger charge is -2.20. The smallest absolute Gasteiger partial charge is 0.349 e. The van der Waals surface area contributed by atoms with Crippen molar-refractivity contribution >= 4 is 27.4 Å². The minimum Gasteiger partial charge on any atom is -0.478 e. The van der Waals surface area contributed by atoms with Crippen molar-refractivity contribution in [1.82, 2.24) is 0 Å². The summed E-state index contributed by atoms with van der Waals surface area (Å²) in [5.74, 6) is -1.38. The average molecular weight is 341 g/mol. The molecule has 0 aromatic heterocycles. The Labute approximate surface area is 126 Å². The van der Waals surface area contributed by atoms with Gasteiger partial charge in [-0.3, -0.25) is 0 Å². The van der Waals surface area contributed by atoms with E-state index in [-0.39, 0.29) is 17.5 Å². The maximum atomic E-state index is 13.5. The number of benzene rings is 1. The molecule has 0 amide bonds. The number of carbonyl (C=O) groups is 1. The third-order valence-corrected chi connectivity index (χ3v) is 5.54. The van der Waals surface area contributed by atoms with Crippen LogP contribution in [0.5, 0.6) is 0 Å². The molecule has 0 fully saturated rings. The third-order valence-electron chi connectivity index (χ3n) is 3.05. The second kappa shape index (κ2) is 5.88. The van der Waals surface area contributed by atoms with Crippen molar-refractivity contribution in [3.63, 3.8) is 0 Å². The van der Waals surface area contributed by atoms with E-state index in [1.165, 1.54) is 20.8 Å². The highest BCUT2D eigenvalue weighted by atomic mass is 35.5. The Morgan fingerprint density at radius 3 is 2.24 bits per heavy atom. The van der Waals surface area contributed by atoms with E-state index in [2.05, 4.69) is 0 Å². The van der Waals surface area contributed by atoms with Crippen LogP contribution >= 0.6 is 11.6 Å². The predicted molar refractivity (Wildman–Crippen MR) is 74.8 cm³/mol. The minimum atomic E-state index is -4.12. The lowest BCUT2D eigenvalue weighted by Crippen LogP contribution is -2.23. The van der Waals surface area contributed by atoms with E-state index in [1.807, 2.05) is 0 Å². The molecule has 0 bridgehead atoms. The van der Waals surface area contributed by atoms with Crippen molar-refractivity contribution in [1.29, 1.82) is 0 Å². The van der Waals surface area contributed by atoms with E-state index < -0.39 is 36.9 Å². The number of carboxylic acid groups (broad SMARTS) is 1. The first-order valence-electron chi connectivity index (χ1n) is 6.14. The van der Waals surface area contributed by atoms with Crippen LogP contribution in [0.2, 0.25) is 0 Å². The second-order valence-corrected chi connectivity index (χ2v) is 7.63. The molecule has 1 N–H and O–H groups in total. The van der Waals surface area contributed by atoms with Crippen molar-refractivity contribution in [2.24, 2.45) is 0 Å². The number of alkyl halides is 3. The number of rotatable bonds is 5. The second-order valence-electron chi connectivity index (χ2n) is 4.72. The monoisotopic (exact) mass is 340 g/mol. The molecule has 0 saturated carbocycles. The molecule has 8 heteroatoms. The molecule has 0 unspecified atom stereocenters. The zero-order chi connectivity index (χ0) is 16.6. The lowest BCUT2D eigenvalue weighted by atomic mass is 10.0. The molecule has 0 radical (unpaired) electrons. The van der Waals surface area contributed by atoms with Gasteiger partial charge in [-0.2, -0.15) is 8.78 Å². The Hall–Kier alpha value is -1.21. The van der Waals surface area contributed by atoms with E-state index >= 15 is 0 Å². The Kier molecular flexibility index (Phi) is 5.00. The van der Waals surface area contributed by atoms with Gasteiger partial charge in [-0.05, 0) is 49.6 Å². The van der Waals surface area contributed by atoms with Crippen molar-refractivity contribution in [2.45, 2.75) is 42.7 Å². The summed E-state index contributed by atoms with van der Waals surface area (Å²) in [6.07, 6.45) is -0.0241. The summed E-state index contributed by atoms with van der Waals surface area (Å²) in [6, 6.07) is 1.71. The van der Waals surface area contributed by atoms with Gasteiger partial charge in [0.2, 0.25) is 0 Å². The highest BCUT2D eigenvalue weighted by Crippen LogP contribution is 2.40. The molecule has 118 valence electrons. The van der Waals surface area contributed by atoms with Crippen molar-refractivity contribution in [2.75, 3.05) is 0 Å². The molecular weight excluding hydrogens is 326 g/mol. The number of hydrogen-bond donors (Lipinski definition) is 1. The summed E-state index contributed by atoms with van der Waals surface area (Å²) in [5.41, 5.74) is -1.37. The highest BCUT2D eigenvalue weighted by Gasteiger charge is 2.38. The molecule has 0 aliphatic heterocycles. The van der Waals surface area contributed by atoms with Gasteiger partial charge in [0.1, 0.15) is 0 Å². The predicted octanol–water partition coefficient (Wildman–Crippen LogP) is 3.42. The molecular formula is C13H15ClF2O4S. The van der Waals surface area contributed by atoms with Crippen LogP contribution in [0.15, 0.2) is 17.0 Å². The van der Waals surface area contributed by atoms with E-state index in [9.17, 15) is 22.0 Å². The number of carboxylic acids is 1. The van der Waals surface area contributed by atoms with E-state index in [0.29, 0.717) is 0 Å². The van der Waals surface area contributed by atoms with Crippen LogP contribution in [0.3, 0.4) is 0 Å². The summed E-state index contributed by atoms with van der Waals surface area (Å²) < 4.78 is 51.8. The lowest BCUT2D eigenvalue weighted by molar-refractivity contribution is 0.0692. The van der Waals surface area contributed by atoms with Crippen LogP contribution < -0.4 is 0 Å². The minimum absolute atomic E-state index is 0.0241. The molecule has 1 aromatic rings. The first-order chi connectivity index (χ1) is 9.44. The first-order valence-corrected chi connectivity index (χ1v) is 8.07. The number of aromatic carboxylic acids is 1. The van der Waals surface area contributed by atoms with Crippen LogP contribution in [0.25, 0.3) is 0 Å². The Bertz CT molecular complexity index is 663. The summed E-state index contributed by atoms with van der Waals surface area (Å²) in [6.45, 7) is 4.16. The quantitative estimate of drug-likeness (QED) is 0.834. The summed E-state index contributed by atoms with van der Waals surface area (Å²) in [5, 5.41) is 4.22. The van der Waals surface area contributed by atoms with Gasteiger partial charge in [0, 0.05) is 0 Å². The molecule has 0 aliphatic rings. The molecule has 0 saturated heterocycles. The van der Waals surface area contributed by atoms with Gasteiger partial charge < -0.3 is 5.11 Å². The fourth-order valence-electron chi connectivity index (χ4n) is 1.96. The number of halogens is 3. The fourth-order valence-corrected chi connectivity index (χ4v) is 3.75. The third kappa shape index (κ3) is 3.35. The van der Waals surface area contributed by atoms with Crippen LogP contribution in [-0.2, 0) is 21.6 Å². The molecule has 21 heavy (non-hydrogen) atoms. The molecule has 0 atom stereocenters. The van der Waals surface area contributed by atoms with Gasteiger partial charge in [-0.15, -0.1) is 0 Å². The van der Waals surface area contributed by atoms with Gasteiger partial charge in [0.25, 0.3) is 0 Å². The largest absolute Gasteiger partial charge is 0.478 e. The Morgan fingerprint density at radius 1 is 1.38 bits per heavy atom. The molecule has 1 rings (SSSR count). The summed E-state index contributed by atoms with van der Waals surface area (Å²) >= 11 is 4.99. The van der Waals surface area contributed by atoms with Crippen molar-refractivity contribution in [3.05, 3.63) is 28.8 Å². The normalized spacial score (nSPS) is 12.7. The van der Waals surface area contributed by atoms with Crippen LogP contribution in [0.1, 0.15) is 42.3 Å². The van der Waals surface area contributed by atoms with Gasteiger partial charge in [-0.25, -0.2) is 13.2 Å². The van der Waals surface area contributed by atoms with Crippen molar-refractivity contribution < 1.29 is 27.1 Å². The van der Waals surface area contributed by atoms with E-state index in [0.717, 1.165) is 12.1 Å². The SMILES string of the molecule is CCc1c(C(=O)O)ccc(C(F)(F)Cl)c1S(=O)(=O)C(C)C. The van der Waals surface area contributed by atoms with Gasteiger partial charge in [0.05, 0.1) is 21.3 Å². The zero-order valence-electron chi connectivity index (χ0n) is 11.7. The highest BCUT2D eigenvalue weighted by molar-refractivity contribution is 7.92. The maximum Gasteiger partial charge on any atom is 0.349 e. The van der Waals surface area contributed by atoms with Crippen molar-refractivity contribution in [3.8, 4) is 0 Å². The Balaban J connectivity index is 3.94. The first kappa shape index (κ1) is 17.8. The van der Waals surface area contributed by atoms with E-state index in [4.69, 9.17) is 16.7 Å². The molecule has 1 aromatic carbocycles. The van der Waals surface area contributed by atoms with E-state index in [1.54, 1.807) is 0 Å². The zero-order valence-corrected chi connectivity index (χ0v) is 13.2. The van der Waals surface area contributed by atoms with Crippen LogP contribution in [0, 0.1) is 0 Å². The topological polar surface area (TPSA) is 71.4 Å². The number of sulfone groups is 1. The average Bonchev–Trinajstić information content (AvgIpc) is 2.35. The van der Waals surface area contributed by atoms with Gasteiger partial charge in [0.15, 0.2) is 9.84 Å². The Morgan fingerprint density at radius 2 is 1.90 bits per heavy atom. The molecule has 0 heterocycles. The molecule has 0 spiro atoms.